The van der Waals surface area contributed by atoms with Crippen molar-refractivity contribution < 1.29 is 0 Å². The van der Waals surface area contributed by atoms with Gasteiger partial charge in [0, 0.05) is 11.0 Å². The molecule has 0 saturated carbocycles. The average molecular weight is 585 g/mol. The zero-order valence-corrected chi connectivity index (χ0v) is 28.0. The molecule has 0 fully saturated rings. The monoisotopic (exact) mass is 584 g/mol. The Morgan fingerprint density at radius 3 is 0.977 bits per heavy atom. The Kier molecular flexibility index (Phi) is 9.74. The molecule has 8 bridgehead atoms. The number of rotatable bonds is 8. The minimum atomic E-state index is 0.939. The molecule has 0 spiro atoms. The lowest BCUT2D eigenvalue weighted by atomic mass is 9.99. The molecule has 0 radical (unpaired) electrons. The molecule has 0 amide bonds. The van der Waals surface area contributed by atoms with Crippen LogP contribution in [0.15, 0.2) is 36.4 Å². The van der Waals surface area contributed by atoms with Crippen LogP contribution < -0.4 is 0 Å². The van der Waals surface area contributed by atoms with Crippen molar-refractivity contribution in [1.29, 1.82) is 0 Å². The van der Waals surface area contributed by atoms with Gasteiger partial charge in [-0.2, -0.15) is 0 Å². The lowest BCUT2D eigenvalue weighted by Gasteiger charge is -2.03. The van der Waals surface area contributed by atoms with Crippen molar-refractivity contribution in [3.8, 4) is 0 Å². The van der Waals surface area contributed by atoms with Crippen LogP contribution in [0.2, 0.25) is 0 Å². The van der Waals surface area contributed by atoms with E-state index in [2.05, 4.69) is 114 Å². The molecule has 0 aliphatic carbocycles. The normalized spacial score (nSPS) is 12.9. The summed E-state index contributed by atoms with van der Waals surface area (Å²) in [5.74, 6) is 0. The quantitative estimate of drug-likeness (QED) is 0.277. The molecule has 4 heteroatoms. The van der Waals surface area contributed by atoms with Gasteiger partial charge in [0.05, 0.1) is 33.8 Å². The van der Waals surface area contributed by atoms with Crippen molar-refractivity contribution >= 4 is 44.4 Å². The number of fused-ring (bicyclic) bond motifs is 8. The summed E-state index contributed by atoms with van der Waals surface area (Å²) in [7, 11) is 0. The largest absolute Gasteiger partial charge is 0.348 e. The summed E-state index contributed by atoms with van der Waals surface area (Å²) < 4.78 is 0. The van der Waals surface area contributed by atoms with Crippen molar-refractivity contribution in [1.82, 2.24) is 19.9 Å². The summed E-state index contributed by atoms with van der Waals surface area (Å²) in [6.07, 6.45) is 7.59. The van der Waals surface area contributed by atoms with Gasteiger partial charge in [0.25, 0.3) is 0 Å². The molecule has 2 aliphatic heterocycles. The highest BCUT2D eigenvalue weighted by atomic mass is 14.8. The van der Waals surface area contributed by atoms with Gasteiger partial charge in [0.15, 0.2) is 0 Å². The lowest BCUT2D eigenvalue weighted by molar-refractivity contribution is 1.07. The van der Waals surface area contributed by atoms with Crippen LogP contribution in [0.1, 0.15) is 126 Å². The van der Waals surface area contributed by atoms with E-state index in [0.717, 1.165) is 96.2 Å². The molecule has 3 aromatic rings. The second-order valence-electron chi connectivity index (χ2n) is 11.5. The Hall–Kier alpha value is -4.10. The number of hydrogen-bond donors (Lipinski definition) is 2. The van der Waals surface area contributed by atoms with Crippen LogP contribution >= 0.6 is 0 Å². The molecule has 44 heavy (non-hydrogen) atoms. The van der Waals surface area contributed by atoms with Crippen molar-refractivity contribution in [3.63, 3.8) is 0 Å². The minimum Gasteiger partial charge on any atom is -0.348 e. The molecule has 0 atom stereocenters. The second-order valence-corrected chi connectivity index (χ2v) is 11.5. The van der Waals surface area contributed by atoms with Crippen LogP contribution in [0, 0.1) is 12.1 Å². The fraction of sp³-hybridized carbons (Fsp3) is 0.400. The molecule has 0 unspecified atom stereocenters. The summed E-state index contributed by atoms with van der Waals surface area (Å²) >= 11 is 0. The predicted molar refractivity (Wildman–Crippen MR) is 189 cm³/mol. The maximum absolute atomic E-state index is 5.17. The summed E-state index contributed by atoms with van der Waals surface area (Å²) in [5.41, 5.74) is 19.2. The number of nitrogens with zero attached hydrogens (tertiary/aromatic N) is 2. The van der Waals surface area contributed by atoms with Gasteiger partial charge >= 0.3 is 0 Å². The summed E-state index contributed by atoms with van der Waals surface area (Å²) in [6.45, 7) is 17.9. The third kappa shape index (κ3) is 5.61. The summed E-state index contributed by atoms with van der Waals surface area (Å²) in [4.78, 5) is 17.7. The molecule has 4 nitrogen and oxygen atoms in total. The van der Waals surface area contributed by atoms with Crippen molar-refractivity contribution in [2.45, 2.75) is 107 Å². The highest BCUT2D eigenvalue weighted by Gasteiger charge is 2.19. The number of H-pyrrole nitrogens is 2. The standard InChI is InChI=1S/C40H48N4/c1-9-25-26(10-2)34-19-20-36-29(13-5)30(14-6)38(43-36)23-24-40-32(16-8)31(15-7)39(44-40)22-21-37-28(12-4)27(11-3)35(42-37)18-17-33(25)41-34/h17-22,43-44H,9-16H2,1-8H3. The molecule has 0 saturated heterocycles. The van der Waals surface area contributed by atoms with E-state index >= 15 is 0 Å². The van der Waals surface area contributed by atoms with Gasteiger partial charge < -0.3 is 9.97 Å². The fourth-order valence-electron chi connectivity index (χ4n) is 7.17. The number of aromatic nitrogens is 4. The Morgan fingerprint density at radius 1 is 0.409 bits per heavy atom. The van der Waals surface area contributed by atoms with Crippen molar-refractivity contribution in [2.75, 3.05) is 0 Å². The number of aromatic amines is 2. The van der Waals surface area contributed by atoms with E-state index in [-0.39, 0.29) is 0 Å². The van der Waals surface area contributed by atoms with Crippen LogP contribution in [0.25, 0.3) is 44.4 Å². The first-order valence-electron chi connectivity index (χ1n) is 16.9. The Bertz CT molecular complexity index is 1710. The lowest BCUT2D eigenvalue weighted by Crippen LogP contribution is -1.85. The molecular weight excluding hydrogens is 536 g/mol. The third-order valence-corrected chi connectivity index (χ3v) is 9.30. The van der Waals surface area contributed by atoms with Gasteiger partial charge in [-0.15, -0.1) is 0 Å². The average Bonchev–Trinajstić information content (AvgIpc) is 3.77. The molecular formula is C40H48N4. The van der Waals surface area contributed by atoms with Crippen LogP contribution in [0.3, 0.4) is 0 Å². The van der Waals surface area contributed by atoms with Gasteiger partial charge in [0.1, 0.15) is 0 Å². The van der Waals surface area contributed by atoms with E-state index in [4.69, 9.17) is 9.97 Å². The molecule has 5 heterocycles. The first-order chi connectivity index (χ1) is 21.5. The van der Waals surface area contributed by atoms with Crippen LogP contribution in [0.4, 0.5) is 0 Å². The summed E-state index contributed by atoms with van der Waals surface area (Å²) in [6, 6.07) is 20.3. The van der Waals surface area contributed by atoms with Crippen LogP contribution in [0.5, 0.6) is 0 Å². The van der Waals surface area contributed by atoms with Crippen LogP contribution in [-0.4, -0.2) is 19.9 Å². The van der Waals surface area contributed by atoms with E-state index < -0.39 is 0 Å². The number of aryl methyl sites for hydroxylation is 4. The van der Waals surface area contributed by atoms with Gasteiger partial charge in [0.2, 0.25) is 0 Å². The van der Waals surface area contributed by atoms with E-state index in [9.17, 15) is 0 Å². The zero-order valence-electron chi connectivity index (χ0n) is 28.0. The second kappa shape index (κ2) is 13.7. The number of hydrogen-bond acceptors (Lipinski definition) is 2. The maximum Gasteiger partial charge on any atom is 0.0937 e. The minimum absolute atomic E-state index is 0.939. The Balaban J connectivity index is 1.92. The molecule has 0 aromatic carbocycles. The van der Waals surface area contributed by atoms with Crippen molar-refractivity contribution in [2.24, 2.45) is 0 Å². The molecule has 228 valence electrons. The Morgan fingerprint density at radius 2 is 0.705 bits per heavy atom. The third-order valence-electron chi connectivity index (χ3n) is 9.30. The first-order valence-corrected chi connectivity index (χ1v) is 16.9. The molecule has 3 aromatic heterocycles. The van der Waals surface area contributed by atoms with Crippen molar-refractivity contribution in [3.05, 3.63) is 93.6 Å². The maximum atomic E-state index is 5.17. The van der Waals surface area contributed by atoms with E-state index in [1.807, 2.05) is 0 Å². The van der Waals surface area contributed by atoms with E-state index in [0.29, 0.717) is 0 Å². The molecule has 2 N–H and O–H groups in total. The van der Waals surface area contributed by atoms with Gasteiger partial charge in [-0.3, -0.25) is 0 Å². The van der Waals surface area contributed by atoms with Gasteiger partial charge in [-0.25, -0.2) is 9.97 Å². The Labute approximate surface area is 264 Å². The SMILES string of the molecule is CCC1=C(CC)c2ccc3[nH]c(c#cc4[nH]c(ccc5nc(ccc1n2)C(CC)=C5CC)c(CC)c4CC)c(CC)c3CC. The fourth-order valence-corrected chi connectivity index (χ4v) is 7.17. The number of nitrogens with one attached hydrogen (secondary N) is 2. The summed E-state index contributed by atoms with van der Waals surface area (Å²) in [5, 5.41) is 0. The highest BCUT2D eigenvalue weighted by Crippen LogP contribution is 2.36. The molecule has 2 aliphatic rings. The number of allylic oxidation sites excluding steroid dienone is 4. The van der Waals surface area contributed by atoms with E-state index in [1.54, 1.807) is 0 Å². The van der Waals surface area contributed by atoms with Crippen LogP contribution in [-0.2, 0) is 25.7 Å². The van der Waals surface area contributed by atoms with Gasteiger partial charge in [-0.1, -0.05) is 55.4 Å². The highest BCUT2D eigenvalue weighted by molar-refractivity contribution is 5.93. The van der Waals surface area contributed by atoms with E-state index in [1.165, 1.54) is 44.5 Å². The predicted octanol–water partition coefficient (Wildman–Crippen LogP) is 10.8. The first kappa shape index (κ1) is 31.3. The topological polar surface area (TPSA) is 57.4 Å². The smallest absolute Gasteiger partial charge is 0.0937 e. The molecule has 5 rings (SSSR count). The zero-order chi connectivity index (χ0) is 31.4. The van der Waals surface area contributed by atoms with Gasteiger partial charge in [-0.05, 0) is 144 Å².